The topological polar surface area (TPSA) is 79.2 Å². The van der Waals surface area contributed by atoms with E-state index >= 15 is 0 Å². The van der Waals surface area contributed by atoms with Crippen molar-refractivity contribution in [2.75, 3.05) is 13.1 Å². The van der Waals surface area contributed by atoms with Crippen molar-refractivity contribution in [1.82, 2.24) is 19.9 Å². The second-order valence-corrected chi connectivity index (χ2v) is 7.31. The quantitative estimate of drug-likeness (QED) is 0.739. The van der Waals surface area contributed by atoms with Crippen LogP contribution in [0.4, 0.5) is 4.39 Å². The van der Waals surface area contributed by atoms with Gasteiger partial charge >= 0.3 is 0 Å². The Morgan fingerprint density at radius 1 is 1.00 bits per heavy atom. The highest BCUT2D eigenvalue weighted by Gasteiger charge is 2.35. The summed E-state index contributed by atoms with van der Waals surface area (Å²) in [6, 6.07) is 9.74. The lowest BCUT2D eigenvalue weighted by molar-refractivity contribution is -0.0163. The number of pyridine rings is 1. The van der Waals surface area contributed by atoms with Crippen LogP contribution in [-0.4, -0.2) is 49.6 Å². The van der Waals surface area contributed by atoms with E-state index in [1.807, 2.05) is 0 Å². The molecule has 1 aliphatic heterocycles. The number of hydrogen-bond donors (Lipinski definition) is 1. The van der Waals surface area contributed by atoms with E-state index in [1.54, 1.807) is 47.8 Å². The van der Waals surface area contributed by atoms with E-state index in [-0.39, 0.29) is 11.7 Å². The Hall–Kier alpha value is -3.19. The number of piperidine rings is 1. The molecule has 0 aliphatic carbocycles. The van der Waals surface area contributed by atoms with Crippen LogP contribution in [-0.2, 0) is 6.42 Å². The van der Waals surface area contributed by atoms with E-state index in [0.717, 1.165) is 11.1 Å². The molecule has 0 saturated carbocycles. The van der Waals surface area contributed by atoms with Crippen LogP contribution in [0.1, 0.15) is 28.9 Å². The van der Waals surface area contributed by atoms with E-state index in [4.69, 9.17) is 0 Å². The number of halogens is 1. The lowest BCUT2D eigenvalue weighted by Crippen LogP contribution is -2.48. The number of aliphatic hydroxyl groups is 1. The summed E-state index contributed by atoms with van der Waals surface area (Å²) in [5.74, 6) is -0.496. The van der Waals surface area contributed by atoms with Crippen molar-refractivity contribution in [1.29, 1.82) is 0 Å². The van der Waals surface area contributed by atoms with Gasteiger partial charge in [0.15, 0.2) is 5.69 Å². The second kappa shape index (κ2) is 8.05. The van der Waals surface area contributed by atoms with Crippen LogP contribution in [0.25, 0.3) is 11.3 Å². The summed E-state index contributed by atoms with van der Waals surface area (Å²) in [5, 5.41) is 10.9. The van der Waals surface area contributed by atoms with Crippen molar-refractivity contribution in [3.05, 3.63) is 78.3 Å². The molecule has 1 N–H and O–H groups in total. The van der Waals surface area contributed by atoms with Gasteiger partial charge in [-0.1, -0.05) is 12.1 Å². The Morgan fingerprint density at radius 2 is 1.66 bits per heavy atom. The van der Waals surface area contributed by atoms with E-state index in [1.165, 1.54) is 18.3 Å². The van der Waals surface area contributed by atoms with Gasteiger partial charge < -0.3 is 10.0 Å². The highest BCUT2D eigenvalue weighted by atomic mass is 19.1. The molecule has 7 heteroatoms. The third-order valence-corrected chi connectivity index (χ3v) is 5.28. The average molecular weight is 392 g/mol. The van der Waals surface area contributed by atoms with Crippen LogP contribution in [0.15, 0.2) is 61.2 Å². The van der Waals surface area contributed by atoms with Crippen LogP contribution in [0.2, 0.25) is 0 Å². The predicted octanol–water partition coefficient (Wildman–Crippen LogP) is 2.89. The van der Waals surface area contributed by atoms with Crippen LogP contribution in [0.5, 0.6) is 0 Å². The normalized spacial score (nSPS) is 15.9. The van der Waals surface area contributed by atoms with Gasteiger partial charge in [-0.05, 0) is 42.7 Å². The van der Waals surface area contributed by atoms with Crippen molar-refractivity contribution in [3.63, 3.8) is 0 Å². The predicted molar refractivity (Wildman–Crippen MR) is 105 cm³/mol. The van der Waals surface area contributed by atoms with Crippen LogP contribution < -0.4 is 0 Å². The standard InChI is InChI=1S/C22H21FN4O2/c23-18-3-1-16(2-4-18)15-22(29)7-13-27(14-8-22)21(28)20-19(25-11-12-26-20)17-5-9-24-10-6-17/h1-6,9-12,29H,7-8,13-15H2. The van der Waals surface area contributed by atoms with Gasteiger partial charge in [-0.15, -0.1) is 0 Å². The molecule has 4 rings (SSSR count). The molecule has 1 amide bonds. The molecule has 3 aromatic rings. The summed E-state index contributed by atoms with van der Waals surface area (Å²) in [6.45, 7) is 0.839. The third kappa shape index (κ3) is 4.30. The lowest BCUT2D eigenvalue weighted by Gasteiger charge is -2.38. The first-order valence-electron chi connectivity index (χ1n) is 9.52. The number of rotatable bonds is 4. The summed E-state index contributed by atoms with van der Waals surface area (Å²) < 4.78 is 13.1. The fourth-order valence-corrected chi connectivity index (χ4v) is 3.65. The fourth-order valence-electron chi connectivity index (χ4n) is 3.65. The number of aromatic nitrogens is 3. The van der Waals surface area contributed by atoms with Crippen LogP contribution in [0.3, 0.4) is 0 Å². The van der Waals surface area contributed by atoms with Gasteiger partial charge in [0.25, 0.3) is 5.91 Å². The molecule has 3 heterocycles. The van der Waals surface area contributed by atoms with E-state index in [9.17, 15) is 14.3 Å². The number of nitrogens with zero attached hydrogens (tertiary/aromatic N) is 4. The van der Waals surface area contributed by atoms with E-state index in [0.29, 0.717) is 43.7 Å². The van der Waals surface area contributed by atoms with Crippen molar-refractivity contribution < 1.29 is 14.3 Å². The van der Waals surface area contributed by atoms with Gasteiger partial charge in [0.05, 0.1) is 5.60 Å². The largest absolute Gasteiger partial charge is 0.389 e. The maximum atomic E-state index is 13.1. The minimum atomic E-state index is -0.912. The Kier molecular flexibility index (Phi) is 5.31. The fraction of sp³-hybridized carbons (Fsp3) is 0.273. The second-order valence-electron chi connectivity index (χ2n) is 7.31. The van der Waals surface area contributed by atoms with Gasteiger partial charge in [-0.3, -0.25) is 14.8 Å². The zero-order chi connectivity index (χ0) is 20.3. The maximum Gasteiger partial charge on any atom is 0.274 e. The first-order valence-corrected chi connectivity index (χ1v) is 9.52. The van der Waals surface area contributed by atoms with Crippen LogP contribution >= 0.6 is 0 Å². The monoisotopic (exact) mass is 392 g/mol. The molecule has 2 aromatic heterocycles. The summed E-state index contributed by atoms with van der Waals surface area (Å²) in [5.41, 5.74) is 1.56. The molecule has 1 saturated heterocycles. The molecule has 1 aromatic carbocycles. The van der Waals surface area contributed by atoms with Crippen LogP contribution in [0, 0.1) is 5.82 Å². The smallest absolute Gasteiger partial charge is 0.274 e. The molecule has 148 valence electrons. The Morgan fingerprint density at radius 3 is 2.34 bits per heavy atom. The van der Waals surface area contributed by atoms with Crippen molar-refractivity contribution >= 4 is 5.91 Å². The van der Waals surface area contributed by atoms with E-state index in [2.05, 4.69) is 15.0 Å². The molecule has 0 radical (unpaired) electrons. The minimum absolute atomic E-state index is 0.200. The van der Waals surface area contributed by atoms with Gasteiger partial charge in [0.2, 0.25) is 0 Å². The molecule has 1 fully saturated rings. The zero-order valence-corrected chi connectivity index (χ0v) is 15.8. The highest BCUT2D eigenvalue weighted by Crippen LogP contribution is 2.28. The number of benzene rings is 1. The number of carbonyl (C=O) groups is 1. The van der Waals surface area contributed by atoms with Gasteiger partial charge in [-0.25, -0.2) is 9.37 Å². The van der Waals surface area contributed by atoms with E-state index < -0.39 is 5.60 Å². The number of likely N-dealkylation sites (tertiary alicyclic amines) is 1. The molecule has 0 spiro atoms. The van der Waals surface area contributed by atoms with Gasteiger partial charge in [0, 0.05) is 49.9 Å². The zero-order valence-electron chi connectivity index (χ0n) is 15.8. The first-order chi connectivity index (χ1) is 14.0. The molecule has 29 heavy (non-hydrogen) atoms. The number of carbonyl (C=O) groups excluding carboxylic acids is 1. The van der Waals surface area contributed by atoms with Crippen molar-refractivity contribution in [2.24, 2.45) is 0 Å². The Bertz CT molecular complexity index is 987. The molecule has 0 atom stereocenters. The Labute approximate surface area is 168 Å². The summed E-state index contributed by atoms with van der Waals surface area (Å²) in [6.07, 6.45) is 7.69. The molecule has 1 aliphatic rings. The van der Waals surface area contributed by atoms with Gasteiger partial charge in [0.1, 0.15) is 11.5 Å². The van der Waals surface area contributed by atoms with Gasteiger partial charge in [-0.2, -0.15) is 0 Å². The summed E-state index contributed by atoms with van der Waals surface area (Å²) >= 11 is 0. The molecule has 6 nitrogen and oxygen atoms in total. The summed E-state index contributed by atoms with van der Waals surface area (Å²) in [7, 11) is 0. The number of hydrogen-bond acceptors (Lipinski definition) is 5. The average Bonchev–Trinajstić information content (AvgIpc) is 2.76. The molecular weight excluding hydrogens is 371 g/mol. The molecular formula is C22H21FN4O2. The first kappa shape index (κ1) is 19.1. The SMILES string of the molecule is O=C(c1nccnc1-c1ccncc1)N1CCC(O)(Cc2ccc(F)cc2)CC1. The summed E-state index contributed by atoms with van der Waals surface area (Å²) in [4.78, 5) is 27.4. The number of amides is 1. The maximum absolute atomic E-state index is 13.1. The molecule has 0 bridgehead atoms. The Balaban J connectivity index is 1.47. The molecule has 0 unspecified atom stereocenters. The minimum Gasteiger partial charge on any atom is -0.389 e. The van der Waals surface area contributed by atoms with Crippen molar-refractivity contribution in [3.8, 4) is 11.3 Å². The highest BCUT2D eigenvalue weighted by molar-refractivity contribution is 5.98. The van der Waals surface area contributed by atoms with Crippen molar-refractivity contribution in [2.45, 2.75) is 24.9 Å². The third-order valence-electron chi connectivity index (χ3n) is 5.28. The lowest BCUT2D eigenvalue weighted by atomic mass is 9.85.